The summed E-state index contributed by atoms with van der Waals surface area (Å²) in [5.74, 6) is 0. The molecule has 0 atom stereocenters. The van der Waals surface area contributed by atoms with Crippen LogP contribution in [0.5, 0.6) is 0 Å². The molecule has 8 nitrogen and oxygen atoms in total. The molecular weight excluding hydrogens is 313 g/mol. The van der Waals surface area contributed by atoms with Crippen LogP contribution in [0.2, 0.25) is 0 Å². The quantitative estimate of drug-likeness (QED) is 0.635. The van der Waals surface area contributed by atoms with Gasteiger partial charge in [0.2, 0.25) is 0 Å². The Morgan fingerprint density at radius 1 is 1.00 bits per heavy atom. The van der Waals surface area contributed by atoms with Crippen LogP contribution < -0.4 is 9.86 Å². The third kappa shape index (κ3) is 5.19. The Labute approximate surface area is 108 Å². The van der Waals surface area contributed by atoms with Crippen molar-refractivity contribution in [3.8, 4) is 0 Å². The van der Waals surface area contributed by atoms with Crippen molar-refractivity contribution in [3.63, 3.8) is 0 Å². The van der Waals surface area contributed by atoms with Crippen LogP contribution in [0.15, 0.2) is 0 Å². The average molecular weight is 326 g/mol. The van der Waals surface area contributed by atoms with Crippen molar-refractivity contribution in [2.45, 2.75) is 6.18 Å². The van der Waals surface area contributed by atoms with Crippen molar-refractivity contribution in [1.82, 2.24) is 13.3 Å². The van der Waals surface area contributed by atoms with Crippen LogP contribution in [-0.2, 0) is 20.4 Å². The molecule has 19 heavy (non-hydrogen) atoms. The standard InChI is InChI=1S/C6H13F3N4O4S2/c7-6(8,9)5-11-19(16,17)13-3-1-12(2-4-13)18(10,14)15/h11H,1-5H2,(H2,10,14,15). The number of halogens is 3. The molecule has 1 aliphatic heterocycles. The Kier molecular flexibility index (Phi) is 4.79. The number of rotatable bonds is 4. The summed E-state index contributed by atoms with van der Waals surface area (Å²) in [6.45, 7) is -2.60. The molecule has 0 aliphatic carbocycles. The minimum atomic E-state index is -4.66. The number of hydrogen-bond acceptors (Lipinski definition) is 4. The second-order valence-electron chi connectivity index (χ2n) is 3.78. The van der Waals surface area contributed by atoms with Gasteiger partial charge in [0.1, 0.15) is 6.54 Å². The monoisotopic (exact) mass is 326 g/mol. The Morgan fingerprint density at radius 3 is 1.79 bits per heavy atom. The molecule has 1 rings (SSSR count). The molecule has 0 bridgehead atoms. The predicted octanol–water partition coefficient (Wildman–Crippen LogP) is -1.80. The summed E-state index contributed by atoms with van der Waals surface area (Å²) in [6, 6.07) is 0. The first-order valence-electron chi connectivity index (χ1n) is 5.01. The smallest absolute Gasteiger partial charge is 0.216 e. The molecule has 0 aromatic heterocycles. The van der Waals surface area contributed by atoms with E-state index in [0.29, 0.717) is 0 Å². The summed E-state index contributed by atoms with van der Waals surface area (Å²) >= 11 is 0. The van der Waals surface area contributed by atoms with Crippen LogP contribution in [0.25, 0.3) is 0 Å². The van der Waals surface area contributed by atoms with Crippen molar-refractivity contribution in [1.29, 1.82) is 0 Å². The molecule has 0 spiro atoms. The van der Waals surface area contributed by atoms with E-state index in [1.54, 1.807) is 0 Å². The predicted molar refractivity (Wildman–Crippen MR) is 59.2 cm³/mol. The van der Waals surface area contributed by atoms with Gasteiger partial charge in [0.25, 0.3) is 20.4 Å². The summed E-state index contributed by atoms with van der Waals surface area (Å²) in [7, 11) is -8.20. The van der Waals surface area contributed by atoms with Gasteiger partial charge in [0.05, 0.1) is 0 Å². The van der Waals surface area contributed by atoms with E-state index in [4.69, 9.17) is 5.14 Å². The first-order chi connectivity index (χ1) is 8.42. The van der Waals surface area contributed by atoms with E-state index in [9.17, 15) is 30.0 Å². The van der Waals surface area contributed by atoms with Crippen LogP contribution in [0.3, 0.4) is 0 Å². The molecule has 1 aliphatic rings. The van der Waals surface area contributed by atoms with Crippen molar-refractivity contribution in [2.75, 3.05) is 32.7 Å². The minimum absolute atomic E-state index is 0.203. The molecule has 0 radical (unpaired) electrons. The fourth-order valence-electron chi connectivity index (χ4n) is 1.43. The SMILES string of the molecule is NS(=O)(=O)N1CCN(S(=O)(=O)NCC(F)(F)F)CC1. The maximum atomic E-state index is 11.9. The van der Waals surface area contributed by atoms with Gasteiger partial charge in [-0.05, 0) is 0 Å². The number of piperazine rings is 1. The summed E-state index contributed by atoms with van der Waals surface area (Å²) < 4.78 is 83.7. The van der Waals surface area contributed by atoms with E-state index in [1.807, 2.05) is 0 Å². The number of nitrogens with two attached hydrogens (primary N) is 1. The molecule has 0 unspecified atom stereocenters. The molecule has 0 aromatic rings. The molecule has 0 aromatic carbocycles. The topological polar surface area (TPSA) is 113 Å². The minimum Gasteiger partial charge on any atom is -0.216 e. The van der Waals surface area contributed by atoms with Gasteiger partial charge in [0, 0.05) is 26.2 Å². The highest BCUT2D eigenvalue weighted by atomic mass is 32.2. The van der Waals surface area contributed by atoms with E-state index in [2.05, 4.69) is 0 Å². The summed E-state index contributed by atoms with van der Waals surface area (Å²) in [4.78, 5) is 0. The highest BCUT2D eigenvalue weighted by Crippen LogP contribution is 2.14. The first-order valence-corrected chi connectivity index (χ1v) is 7.95. The maximum Gasteiger partial charge on any atom is 0.402 e. The van der Waals surface area contributed by atoms with Gasteiger partial charge in [0.15, 0.2) is 0 Å². The van der Waals surface area contributed by atoms with Crippen molar-refractivity contribution >= 4 is 20.4 Å². The van der Waals surface area contributed by atoms with Crippen LogP contribution in [-0.4, -0.2) is 64.3 Å². The van der Waals surface area contributed by atoms with Gasteiger partial charge in [-0.15, -0.1) is 0 Å². The fourth-order valence-corrected chi connectivity index (χ4v) is 3.27. The molecule has 1 saturated heterocycles. The number of nitrogens with zero attached hydrogens (tertiary/aromatic N) is 2. The van der Waals surface area contributed by atoms with Crippen molar-refractivity contribution < 1.29 is 30.0 Å². The van der Waals surface area contributed by atoms with Gasteiger partial charge in [-0.1, -0.05) is 0 Å². The molecule has 1 heterocycles. The average Bonchev–Trinajstić information content (AvgIpc) is 2.25. The summed E-state index contributed by atoms with van der Waals surface area (Å²) in [5, 5.41) is 4.85. The Balaban J connectivity index is 2.60. The zero-order valence-electron chi connectivity index (χ0n) is 9.59. The lowest BCUT2D eigenvalue weighted by Gasteiger charge is -2.32. The lowest BCUT2D eigenvalue weighted by Crippen LogP contribution is -2.55. The maximum absolute atomic E-state index is 11.9. The third-order valence-corrected chi connectivity index (χ3v) is 4.99. The van der Waals surface area contributed by atoms with E-state index in [0.717, 1.165) is 8.61 Å². The second kappa shape index (κ2) is 5.49. The van der Waals surface area contributed by atoms with Crippen molar-refractivity contribution in [3.05, 3.63) is 0 Å². The molecular formula is C6H13F3N4O4S2. The van der Waals surface area contributed by atoms with E-state index < -0.39 is 33.1 Å². The lowest BCUT2D eigenvalue weighted by molar-refractivity contribution is -0.121. The second-order valence-corrected chi connectivity index (χ2v) is 7.09. The third-order valence-electron chi connectivity index (χ3n) is 2.35. The molecule has 0 saturated carbocycles. The van der Waals surface area contributed by atoms with Crippen LogP contribution in [0, 0.1) is 0 Å². The van der Waals surface area contributed by atoms with E-state index >= 15 is 0 Å². The van der Waals surface area contributed by atoms with Crippen molar-refractivity contribution in [2.24, 2.45) is 5.14 Å². The number of nitrogens with one attached hydrogen (secondary N) is 1. The lowest BCUT2D eigenvalue weighted by atomic mass is 10.4. The van der Waals surface area contributed by atoms with Gasteiger partial charge < -0.3 is 0 Å². The highest BCUT2D eigenvalue weighted by molar-refractivity contribution is 7.87. The van der Waals surface area contributed by atoms with Crippen LogP contribution >= 0.6 is 0 Å². The molecule has 13 heteroatoms. The first kappa shape index (κ1) is 16.6. The zero-order valence-corrected chi connectivity index (χ0v) is 11.2. The zero-order chi connectivity index (χ0) is 14.9. The highest BCUT2D eigenvalue weighted by Gasteiger charge is 2.34. The normalized spacial score (nSPS) is 20.6. The van der Waals surface area contributed by atoms with E-state index in [-0.39, 0.29) is 26.2 Å². The van der Waals surface area contributed by atoms with Gasteiger partial charge in [-0.3, -0.25) is 0 Å². The fraction of sp³-hybridized carbons (Fsp3) is 1.00. The molecule has 0 amide bonds. The number of alkyl halides is 3. The van der Waals surface area contributed by atoms with Gasteiger partial charge >= 0.3 is 6.18 Å². The van der Waals surface area contributed by atoms with Crippen LogP contribution in [0.4, 0.5) is 13.2 Å². The Morgan fingerprint density at radius 2 is 1.42 bits per heavy atom. The molecule has 3 N–H and O–H groups in total. The van der Waals surface area contributed by atoms with E-state index in [1.165, 1.54) is 4.72 Å². The Bertz CT molecular complexity index is 509. The molecule has 1 fully saturated rings. The molecule has 114 valence electrons. The van der Waals surface area contributed by atoms with Gasteiger partial charge in [-0.2, -0.15) is 43.3 Å². The summed E-state index contributed by atoms with van der Waals surface area (Å²) in [6.07, 6.45) is -4.66. The summed E-state index contributed by atoms with van der Waals surface area (Å²) in [5.41, 5.74) is 0. The number of hydrogen-bond donors (Lipinski definition) is 2. The van der Waals surface area contributed by atoms with Crippen LogP contribution in [0.1, 0.15) is 0 Å². The largest absolute Gasteiger partial charge is 0.402 e. The van der Waals surface area contributed by atoms with Gasteiger partial charge in [-0.25, -0.2) is 5.14 Å². The Hall–Kier alpha value is -0.470.